The van der Waals surface area contributed by atoms with Crippen LogP contribution < -0.4 is 16.0 Å². The molecule has 0 radical (unpaired) electrons. The second kappa shape index (κ2) is 11.3. The highest BCUT2D eigenvalue weighted by Crippen LogP contribution is 2.14. The van der Waals surface area contributed by atoms with Crippen molar-refractivity contribution >= 4 is 29.4 Å². The average molecular weight is 404 g/mol. The van der Waals surface area contributed by atoms with Crippen molar-refractivity contribution < 1.29 is 14.0 Å². The molecule has 5 nitrogen and oxygen atoms in total. The van der Waals surface area contributed by atoms with Gasteiger partial charge in [0.1, 0.15) is 11.9 Å². The molecule has 28 heavy (non-hydrogen) atoms. The normalized spacial score (nSPS) is 11.7. The van der Waals surface area contributed by atoms with Crippen molar-refractivity contribution in [1.82, 2.24) is 10.6 Å². The summed E-state index contributed by atoms with van der Waals surface area (Å²) in [4.78, 5) is 24.6. The van der Waals surface area contributed by atoms with Crippen LogP contribution in [0, 0.1) is 11.7 Å². The van der Waals surface area contributed by atoms with Crippen molar-refractivity contribution in [3.63, 3.8) is 0 Å². The van der Waals surface area contributed by atoms with Crippen LogP contribution in [0.25, 0.3) is 0 Å². The smallest absolute Gasteiger partial charge is 0.319 e. The number of carbonyl (C=O) groups is 2. The van der Waals surface area contributed by atoms with Crippen LogP contribution in [0.2, 0.25) is 0 Å². The van der Waals surface area contributed by atoms with Crippen molar-refractivity contribution in [2.45, 2.75) is 25.6 Å². The largest absolute Gasteiger partial charge is 0.353 e. The van der Waals surface area contributed by atoms with Gasteiger partial charge >= 0.3 is 6.03 Å². The first-order chi connectivity index (χ1) is 13.5. The van der Waals surface area contributed by atoms with Crippen LogP contribution in [0.3, 0.4) is 0 Å². The number of anilines is 1. The molecule has 1 atom stereocenters. The highest BCUT2D eigenvalue weighted by molar-refractivity contribution is 7.98. The van der Waals surface area contributed by atoms with Gasteiger partial charge in [-0.05, 0) is 29.7 Å². The van der Waals surface area contributed by atoms with E-state index in [0.29, 0.717) is 29.3 Å². The summed E-state index contributed by atoms with van der Waals surface area (Å²) < 4.78 is 13.6. The zero-order valence-electron chi connectivity index (χ0n) is 16.1. The van der Waals surface area contributed by atoms with Gasteiger partial charge in [0.2, 0.25) is 5.91 Å². The Morgan fingerprint density at radius 3 is 2.39 bits per heavy atom. The lowest BCUT2D eigenvalue weighted by molar-refractivity contribution is -0.123. The molecule has 0 heterocycles. The van der Waals surface area contributed by atoms with Crippen LogP contribution in [0.5, 0.6) is 0 Å². The average Bonchev–Trinajstić information content (AvgIpc) is 2.67. The molecular weight excluding hydrogens is 377 g/mol. The number of hydrogen-bond acceptors (Lipinski definition) is 3. The highest BCUT2D eigenvalue weighted by atomic mass is 32.2. The number of halogens is 1. The highest BCUT2D eigenvalue weighted by Gasteiger charge is 2.23. The third-order valence-electron chi connectivity index (χ3n) is 4.03. The fourth-order valence-corrected chi connectivity index (χ4v) is 3.36. The summed E-state index contributed by atoms with van der Waals surface area (Å²) in [5.74, 6) is 0.694. The first-order valence-corrected chi connectivity index (χ1v) is 10.3. The summed E-state index contributed by atoms with van der Waals surface area (Å²) in [6, 6.07) is 14.7. The van der Waals surface area contributed by atoms with Gasteiger partial charge < -0.3 is 16.0 Å². The van der Waals surface area contributed by atoms with Crippen molar-refractivity contribution in [2.75, 3.05) is 17.6 Å². The van der Waals surface area contributed by atoms with Gasteiger partial charge in [-0.3, -0.25) is 4.79 Å². The maximum atomic E-state index is 13.6. The first-order valence-electron chi connectivity index (χ1n) is 9.19. The van der Waals surface area contributed by atoms with Crippen LogP contribution in [-0.2, 0) is 10.5 Å². The Morgan fingerprint density at radius 2 is 1.71 bits per heavy atom. The van der Waals surface area contributed by atoms with Gasteiger partial charge in [-0.25, -0.2) is 9.18 Å². The minimum Gasteiger partial charge on any atom is -0.353 e. The van der Waals surface area contributed by atoms with Crippen LogP contribution in [-0.4, -0.2) is 30.3 Å². The molecule has 7 heteroatoms. The van der Waals surface area contributed by atoms with Crippen molar-refractivity contribution in [1.29, 1.82) is 0 Å². The molecule has 1 unspecified atom stereocenters. The molecule has 0 spiro atoms. The predicted molar refractivity (Wildman–Crippen MR) is 113 cm³/mol. The van der Waals surface area contributed by atoms with Gasteiger partial charge in [0.15, 0.2) is 0 Å². The van der Waals surface area contributed by atoms with E-state index in [1.54, 1.807) is 42.1 Å². The lowest BCUT2D eigenvalue weighted by Crippen LogP contribution is -2.51. The fourth-order valence-electron chi connectivity index (χ4n) is 2.52. The van der Waals surface area contributed by atoms with Gasteiger partial charge in [-0.15, -0.1) is 0 Å². The maximum absolute atomic E-state index is 13.6. The van der Waals surface area contributed by atoms with E-state index >= 15 is 0 Å². The third-order valence-corrected chi connectivity index (χ3v) is 5.04. The minimum atomic E-state index is -0.639. The van der Waals surface area contributed by atoms with Crippen molar-refractivity contribution in [2.24, 2.45) is 5.92 Å². The molecule has 2 aromatic rings. The number of hydrogen-bond donors (Lipinski definition) is 3. The number of para-hydroxylation sites is 1. The molecule has 0 aromatic heterocycles. The van der Waals surface area contributed by atoms with Gasteiger partial charge in [-0.1, -0.05) is 50.2 Å². The van der Waals surface area contributed by atoms with Crippen LogP contribution >= 0.6 is 11.8 Å². The molecule has 0 aliphatic heterocycles. The van der Waals surface area contributed by atoms with E-state index < -0.39 is 12.1 Å². The van der Waals surface area contributed by atoms with E-state index in [1.807, 2.05) is 32.0 Å². The summed E-state index contributed by atoms with van der Waals surface area (Å²) in [5.41, 5.74) is 1.31. The number of rotatable bonds is 9. The lowest BCUT2D eigenvalue weighted by atomic mass is 10.0. The van der Waals surface area contributed by atoms with E-state index in [2.05, 4.69) is 16.0 Å². The third kappa shape index (κ3) is 7.23. The zero-order valence-corrected chi connectivity index (χ0v) is 16.9. The minimum absolute atomic E-state index is 0.0624. The zero-order chi connectivity index (χ0) is 20.4. The fraction of sp³-hybridized carbons (Fsp3) is 0.333. The molecule has 2 aromatic carbocycles. The molecule has 0 aliphatic carbocycles. The molecule has 0 aliphatic rings. The van der Waals surface area contributed by atoms with Crippen molar-refractivity contribution in [3.05, 3.63) is 66.0 Å². The Balaban J connectivity index is 1.74. The van der Waals surface area contributed by atoms with E-state index in [0.717, 1.165) is 0 Å². The SMILES string of the molecule is CC(C)C(NC(=O)Nc1ccccc1)C(=O)NCCSCc1ccccc1F. The van der Waals surface area contributed by atoms with Gasteiger partial charge in [0.05, 0.1) is 0 Å². The molecule has 150 valence electrons. The Kier molecular flexibility index (Phi) is 8.81. The first kappa shape index (κ1) is 21.8. The van der Waals surface area contributed by atoms with E-state index in [-0.39, 0.29) is 17.6 Å². The Morgan fingerprint density at radius 1 is 1.04 bits per heavy atom. The second-order valence-corrected chi connectivity index (χ2v) is 7.73. The Bertz CT molecular complexity index is 771. The Hall–Kier alpha value is -2.54. The Labute approximate surface area is 169 Å². The summed E-state index contributed by atoms with van der Waals surface area (Å²) in [7, 11) is 0. The van der Waals surface area contributed by atoms with E-state index in [1.165, 1.54) is 6.07 Å². The van der Waals surface area contributed by atoms with Gasteiger partial charge in [0.25, 0.3) is 0 Å². The van der Waals surface area contributed by atoms with Crippen molar-refractivity contribution in [3.8, 4) is 0 Å². The van der Waals surface area contributed by atoms with Crippen LogP contribution in [0.1, 0.15) is 19.4 Å². The van der Waals surface area contributed by atoms with Gasteiger partial charge in [-0.2, -0.15) is 11.8 Å². The molecule has 0 saturated heterocycles. The number of thioether (sulfide) groups is 1. The van der Waals surface area contributed by atoms with E-state index in [9.17, 15) is 14.0 Å². The predicted octanol–water partition coefficient (Wildman–Crippen LogP) is 4.02. The monoisotopic (exact) mass is 403 g/mol. The molecule has 2 rings (SSSR count). The second-order valence-electron chi connectivity index (χ2n) is 6.62. The van der Waals surface area contributed by atoms with Crippen LogP contribution in [0.4, 0.5) is 14.9 Å². The summed E-state index contributed by atoms with van der Waals surface area (Å²) in [6.45, 7) is 4.20. The maximum Gasteiger partial charge on any atom is 0.319 e. The summed E-state index contributed by atoms with van der Waals surface area (Å²) in [5, 5.41) is 8.27. The topological polar surface area (TPSA) is 70.2 Å². The molecular formula is C21H26FN3O2S. The molecule has 3 N–H and O–H groups in total. The molecule has 0 fully saturated rings. The molecule has 3 amide bonds. The molecule has 0 saturated carbocycles. The number of urea groups is 1. The standard InChI is InChI=1S/C21H26FN3O2S/c1-15(2)19(25-21(27)24-17-9-4-3-5-10-17)20(26)23-12-13-28-14-16-8-6-7-11-18(16)22/h3-11,15,19H,12-14H2,1-2H3,(H,23,26)(H2,24,25,27). The number of nitrogens with one attached hydrogen (secondary N) is 3. The van der Waals surface area contributed by atoms with E-state index in [4.69, 9.17) is 0 Å². The summed E-state index contributed by atoms with van der Waals surface area (Å²) in [6.07, 6.45) is 0. The lowest BCUT2D eigenvalue weighted by Gasteiger charge is -2.22. The number of amides is 3. The van der Waals surface area contributed by atoms with Gasteiger partial charge in [0, 0.05) is 23.7 Å². The molecule has 0 bridgehead atoms. The van der Waals surface area contributed by atoms with Crippen LogP contribution in [0.15, 0.2) is 54.6 Å². The quantitative estimate of drug-likeness (QED) is 0.554. The summed E-state index contributed by atoms with van der Waals surface area (Å²) >= 11 is 1.54. The number of carbonyl (C=O) groups excluding carboxylic acids is 2. The number of benzene rings is 2.